The Balaban J connectivity index is 1.25. The van der Waals surface area contributed by atoms with E-state index in [-0.39, 0.29) is 0 Å². The van der Waals surface area contributed by atoms with Crippen LogP contribution in [0.25, 0.3) is 11.0 Å². The number of nitrogens with zero attached hydrogens (tertiary/aromatic N) is 7. The summed E-state index contributed by atoms with van der Waals surface area (Å²) < 4.78 is 38.4. The fraction of sp³-hybridized carbons (Fsp3) is 0.438. The minimum Gasteiger partial charge on any atom is -0.494 e. The van der Waals surface area contributed by atoms with Crippen LogP contribution in [0.5, 0.6) is 5.75 Å². The van der Waals surface area contributed by atoms with Crippen LogP contribution >= 0.6 is 15.9 Å². The molecule has 13 nitrogen and oxygen atoms in total. The minimum atomic E-state index is -3.61. The summed E-state index contributed by atoms with van der Waals surface area (Å²) in [5.41, 5.74) is 5.01. The van der Waals surface area contributed by atoms with E-state index in [1.54, 1.807) is 31.6 Å². The molecule has 0 spiro atoms. The third kappa shape index (κ3) is 7.22. The van der Waals surface area contributed by atoms with Crippen LogP contribution in [0.2, 0.25) is 0 Å². The molecule has 0 radical (unpaired) electrons. The van der Waals surface area contributed by atoms with Gasteiger partial charge in [-0.15, -0.1) is 0 Å². The number of benzene rings is 2. The van der Waals surface area contributed by atoms with Gasteiger partial charge in [-0.1, -0.05) is 6.92 Å². The maximum Gasteiger partial charge on any atom is 0.232 e. The van der Waals surface area contributed by atoms with Gasteiger partial charge in [-0.05, 0) is 59.0 Å². The third-order valence-corrected chi connectivity index (χ3v) is 10.6. The van der Waals surface area contributed by atoms with E-state index < -0.39 is 10.0 Å². The van der Waals surface area contributed by atoms with E-state index in [1.165, 1.54) is 28.8 Å². The molecule has 0 amide bonds. The number of rotatable bonds is 10. The number of aromatic nitrogens is 4. The molecular weight excluding hydrogens is 686 g/mol. The lowest BCUT2D eigenvalue weighted by Crippen LogP contribution is -2.49. The van der Waals surface area contributed by atoms with Gasteiger partial charge in [0.1, 0.15) is 22.8 Å². The van der Waals surface area contributed by atoms with Crippen LogP contribution in [-0.2, 0) is 21.2 Å². The average Bonchev–Trinajstić information content (AvgIpc) is 3.09. The Morgan fingerprint density at radius 3 is 2.49 bits per heavy atom. The molecular formula is C32H40BrN9O4S. The Morgan fingerprint density at radius 1 is 1.04 bits per heavy atom. The number of nitrogens with one attached hydrogen (secondary N) is 2. The molecule has 0 saturated carbocycles. The Kier molecular flexibility index (Phi) is 9.96. The molecule has 0 unspecified atom stereocenters. The Hall–Kier alpha value is -3.79. The number of fused-ring (bicyclic) bond motifs is 1. The van der Waals surface area contributed by atoms with Crippen molar-refractivity contribution in [2.24, 2.45) is 0 Å². The van der Waals surface area contributed by atoms with Gasteiger partial charge < -0.3 is 25.0 Å². The summed E-state index contributed by atoms with van der Waals surface area (Å²) in [6.07, 6.45) is 8.98. The highest BCUT2D eigenvalue weighted by molar-refractivity contribution is 9.10. The van der Waals surface area contributed by atoms with Crippen LogP contribution in [0.15, 0.2) is 47.3 Å². The number of morpholine rings is 1. The second kappa shape index (κ2) is 14.1. The van der Waals surface area contributed by atoms with Crippen LogP contribution in [0.1, 0.15) is 25.3 Å². The molecule has 47 heavy (non-hydrogen) atoms. The van der Waals surface area contributed by atoms with E-state index >= 15 is 0 Å². The van der Waals surface area contributed by atoms with Gasteiger partial charge >= 0.3 is 0 Å². The molecule has 250 valence electrons. The number of aryl methyl sites for hydroxylation is 1. The topological polar surface area (TPSA) is 138 Å². The molecule has 15 heteroatoms. The molecule has 2 aliphatic rings. The highest BCUT2D eigenvalue weighted by atomic mass is 79.9. The van der Waals surface area contributed by atoms with Gasteiger partial charge in [-0.2, -0.15) is 4.98 Å². The summed E-state index contributed by atoms with van der Waals surface area (Å²) in [5.74, 6) is 1.47. The van der Waals surface area contributed by atoms with Crippen molar-refractivity contribution in [1.82, 2.24) is 24.8 Å². The Labute approximate surface area is 283 Å². The molecule has 4 aromatic rings. The maximum atomic E-state index is 12.6. The second-order valence-corrected chi connectivity index (χ2v) is 14.5. The van der Waals surface area contributed by atoms with Gasteiger partial charge in [-0.3, -0.25) is 19.2 Å². The molecule has 2 N–H and O–H groups in total. The zero-order chi connectivity index (χ0) is 33.1. The lowest BCUT2D eigenvalue weighted by Gasteiger charge is -2.41. The normalized spacial score (nSPS) is 16.3. The number of piperidine rings is 1. The summed E-state index contributed by atoms with van der Waals surface area (Å²) in [5, 5.41) is 6.63. The molecule has 2 saturated heterocycles. The Morgan fingerprint density at radius 2 is 1.79 bits per heavy atom. The Bertz CT molecular complexity index is 1850. The zero-order valence-corrected chi connectivity index (χ0v) is 29.4. The first-order valence-electron chi connectivity index (χ1n) is 15.7. The summed E-state index contributed by atoms with van der Waals surface area (Å²) in [4.78, 5) is 23.1. The van der Waals surface area contributed by atoms with Crippen LogP contribution in [0.4, 0.5) is 34.5 Å². The zero-order valence-electron chi connectivity index (χ0n) is 27.0. The molecule has 2 aliphatic heterocycles. The lowest BCUT2D eigenvalue weighted by atomic mass is 10.00. The fourth-order valence-corrected chi connectivity index (χ4v) is 7.05. The van der Waals surface area contributed by atoms with Gasteiger partial charge in [0.25, 0.3) is 0 Å². The quantitative estimate of drug-likeness (QED) is 0.229. The summed E-state index contributed by atoms with van der Waals surface area (Å²) in [6.45, 7) is 7.83. The van der Waals surface area contributed by atoms with Crippen molar-refractivity contribution in [3.05, 3.63) is 52.9 Å². The van der Waals surface area contributed by atoms with E-state index in [2.05, 4.69) is 70.4 Å². The molecule has 2 aromatic carbocycles. The van der Waals surface area contributed by atoms with Gasteiger partial charge in [-0.25, -0.2) is 13.4 Å². The number of anilines is 6. The molecule has 0 atom stereocenters. The minimum absolute atomic E-state index is 0.341. The predicted molar refractivity (Wildman–Crippen MR) is 189 cm³/mol. The number of methoxy groups -OCH3 is 1. The number of halogens is 1. The molecule has 6 rings (SSSR count). The summed E-state index contributed by atoms with van der Waals surface area (Å²) >= 11 is 3.54. The lowest BCUT2D eigenvalue weighted by molar-refractivity contribution is 0.0115. The van der Waals surface area contributed by atoms with E-state index in [1.807, 2.05) is 0 Å². The van der Waals surface area contributed by atoms with Crippen molar-refractivity contribution < 1.29 is 17.9 Å². The first-order chi connectivity index (χ1) is 22.7. The smallest absolute Gasteiger partial charge is 0.232 e. The molecule has 0 aliphatic carbocycles. The van der Waals surface area contributed by atoms with Gasteiger partial charge in [0.2, 0.25) is 16.0 Å². The molecule has 4 heterocycles. The van der Waals surface area contributed by atoms with E-state index in [0.29, 0.717) is 50.4 Å². The van der Waals surface area contributed by atoms with Gasteiger partial charge in [0, 0.05) is 69.6 Å². The first-order valence-corrected chi connectivity index (χ1v) is 18.3. The van der Waals surface area contributed by atoms with E-state index in [9.17, 15) is 8.42 Å². The molecule has 2 fully saturated rings. The largest absolute Gasteiger partial charge is 0.494 e. The van der Waals surface area contributed by atoms with Gasteiger partial charge in [0.05, 0.1) is 47.9 Å². The van der Waals surface area contributed by atoms with Crippen molar-refractivity contribution in [2.75, 3.05) is 79.6 Å². The monoisotopic (exact) mass is 725 g/mol. The van der Waals surface area contributed by atoms with Crippen molar-refractivity contribution in [2.45, 2.75) is 32.2 Å². The van der Waals surface area contributed by atoms with E-state index in [0.717, 1.165) is 70.6 Å². The van der Waals surface area contributed by atoms with Crippen LogP contribution in [0.3, 0.4) is 0 Å². The van der Waals surface area contributed by atoms with Crippen molar-refractivity contribution in [1.29, 1.82) is 0 Å². The summed E-state index contributed by atoms with van der Waals surface area (Å²) in [6, 6.07) is 8.36. The van der Waals surface area contributed by atoms with Crippen molar-refractivity contribution >= 4 is 71.5 Å². The first kappa shape index (κ1) is 33.1. The molecule has 2 aromatic heterocycles. The average molecular weight is 727 g/mol. The molecule has 0 bridgehead atoms. The second-order valence-electron chi connectivity index (χ2n) is 11.7. The predicted octanol–water partition coefficient (Wildman–Crippen LogP) is 4.94. The highest BCUT2D eigenvalue weighted by Gasteiger charge is 2.27. The van der Waals surface area contributed by atoms with E-state index in [4.69, 9.17) is 14.5 Å². The van der Waals surface area contributed by atoms with Crippen LogP contribution < -0.4 is 24.6 Å². The van der Waals surface area contributed by atoms with Gasteiger partial charge in [0.15, 0.2) is 0 Å². The fourth-order valence-electron chi connectivity index (χ4n) is 6.24. The maximum absolute atomic E-state index is 12.6. The van der Waals surface area contributed by atoms with Crippen molar-refractivity contribution in [3.63, 3.8) is 0 Å². The third-order valence-electron chi connectivity index (χ3n) is 8.82. The number of hydrogen-bond acceptors (Lipinski definition) is 12. The van der Waals surface area contributed by atoms with Crippen LogP contribution in [-0.4, -0.2) is 99.1 Å². The number of hydrogen-bond donors (Lipinski definition) is 2. The summed E-state index contributed by atoms with van der Waals surface area (Å²) in [7, 11) is -0.460. The standard InChI is InChI=1S/C32H40BrN9O4S/c1-5-21-18-26(28(45-3)19-27(21)42-12-8-22(9-13-42)41-14-16-46-17-15-41)38-32-36-20-23(33)31(39-32)37-25-7-6-24-29(35-11-10-34-24)30(25)40(2)47(4,43)44/h6-7,10-11,18-20,22H,5,8-9,12-17H2,1-4H3,(H2,36,37,38,39). The SMILES string of the molecule is CCc1cc(Nc2ncc(Br)c(Nc3ccc4nccnc4c3N(C)S(C)(=O)=O)n2)c(OC)cc1N1CCC(N2CCOCC2)CC1. The number of sulfonamides is 1. The highest BCUT2D eigenvalue weighted by Crippen LogP contribution is 2.39. The number of ether oxygens (including phenoxy) is 2. The van der Waals surface area contributed by atoms with Crippen LogP contribution in [0, 0.1) is 0 Å². The van der Waals surface area contributed by atoms with Crippen molar-refractivity contribution in [3.8, 4) is 5.75 Å².